The third-order valence-electron chi connectivity index (χ3n) is 5.69. The highest BCUT2D eigenvalue weighted by molar-refractivity contribution is 5.90. The molecule has 0 amide bonds. The Hall–Kier alpha value is -2.59. The molecule has 0 spiro atoms. The van der Waals surface area contributed by atoms with Gasteiger partial charge in [0.15, 0.2) is 0 Å². The highest BCUT2D eigenvalue weighted by atomic mass is 16.5. The Morgan fingerprint density at radius 3 is 2.66 bits per heavy atom. The molecule has 0 bridgehead atoms. The van der Waals surface area contributed by atoms with Crippen molar-refractivity contribution >= 4 is 12.0 Å². The molecule has 2 aromatic carbocycles. The lowest BCUT2D eigenvalue weighted by Gasteiger charge is -2.35. The Kier molecular flexibility index (Phi) is 7.10. The van der Waals surface area contributed by atoms with E-state index < -0.39 is 0 Å². The number of carbonyl (C=O) groups is 1. The summed E-state index contributed by atoms with van der Waals surface area (Å²) in [7, 11) is 7.42. The van der Waals surface area contributed by atoms with E-state index in [0.29, 0.717) is 17.4 Å². The number of ether oxygens (including phenoxy) is 2. The lowest BCUT2D eigenvalue weighted by atomic mass is 9.73. The van der Waals surface area contributed by atoms with Gasteiger partial charge in [0.2, 0.25) is 0 Å². The number of hydrogen-bond donors (Lipinski definition) is 0. The summed E-state index contributed by atoms with van der Waals surface area (Å²) in [6.45, 7) is 1.08. The van der Waals surface area contributed by atoms with Crippen LogP contribution in [0.2, 0.25) is 0 Å². The molecule has 4 heteroatoms. The number of esters is 1. The van der Waals surface area contributed by atoms with Crippen LogP contribution in [0.5, 0.6) is 5.75 Å². The minimum atomic E-state index is -0.297. The average Bonchev–Trinajstić information content (AvgIpc) is 2.74. The van der Waals surface area contributed by atoms with Crippen LogP contribution in [0.25, 0.3) is 6.08 Å². The third kappa shape index (κ3) is 5.48. The molecule has 0 unspecified atom stereocenters. The Morgan fingerprint density at radius 1 is 1.14 bits per heavy atom. The first-order valence-corrected chi connectivity index (χ1v) is 10.2. The van der Waals surface area contributed by atoms with Crippen LogP contribution in [0, 0.1) is 5.92 Å². The molecule has 1 fully saturated rings. The molecule has 0 heterocycles. The van der Waals surface area contributed by atoms with Crippen LogP contribution < -0.4 is 4.74 Å². The predicted octanol–water partition coefficient (Wildman–Crippen LogP) is 5.01. The second-order valence-corrected chi connectivity index (χ2v) is 8.07. The van der Waals surface area contributed by atoms with Crippen molar-refractivity contribution in [2.24, 2.45) is 5.92 Å². The minimum Gasteiger partial charge on any atom is -0.497 e. The van der Waals surface area contributed by atoms with Gasteiger partial charge in [0.25, 0.3) is 0 Å². The summed E-state index contributed by atoms with van der Waals surface area (Å²) in [5.41, 5.74) is 4.41. The lowest BCUT2D eigenvalue weighted by Crippen LogP contribution is -2.29. The van der Waals surface area contributed by atoms with Crippen molar-refractivity contribution < 1.29 is 14.3 Å². The van der Waals surface area contributed by atoms with E-state index in [-0.39, 0.29) is 5.97 Å². The van der Waals surface area contributed by atoms with E-state index >= 15 is 0 Å². The van der Waals surface area contributed by atoms with Crippen LogP contribution in [-0.2, 0) is 4.74 Å². The summed E-state index contributed by atoms with van der Waals surface area (Å²) in [5, 5.41) is 0. The maximum Gasteiger partial charge on any atom is 0.337 e. The fourth-order valence-corrected chi connectivity index (χ4v) is 4.31. The van der Waals surface area contributed by atoms with Crippen LogP contribution in [0.15, 0.2) is 54.1 Å². The van der Waals surface area contributed by atoms with E-state index in [4.69, 9.17) is 9.47 Å². The van der Waals surface area contributed by atoms with Gasteiger partial charge in [0, 0.05) is 6.54 Å². The number of nitrogens with zero attached hydrogens (tertiary/aromatic N) is 1. The first-order valence-electron chi connectivity index (χ1n) is 10.2. The van der Waals surface area contributed by atoms with Gasteiger partial charge in [-0.1, -0.05) is 35.9 Å². The molecule has 1 saturated carbocycles. The number of methoxy groups -OCH3 is 2. The first kappa shape index (κ1) is 21.1. The summed E-state index contributed by atoms with van der Waals surface area (Å²) in [6, 6.07) is 16.1. The molecule has 2 aromatic rings. The van der Waals surface area contributed by atoms with E-state index in [1.165, 1.54) is 18.2 Å². The Bertz CT molecular complexity index is 872. The maximum absolute atomic E-state index is 11.8. The van der Waals surface area contributed by atoms with Crippen LogP contribution in [0.3, 0.4) is 0 Å². The normalized spacial score (nSPS) is 20.7. The van der Waals surface area contributed by atoms with Gasteiger partial charge in [0.05, 0.1) is 19.8 Å². The molecule has 0 N–H and O–H groups in total. The van der Waals surface area contributed by atoms with Gasteiger partial charge in [-0.25, -0.2) is 4.79 Å². The largest absolute Gasteiger partial charge is 0.497 e. The van der Waals surface area contributed by atoms with Crippen LogP contribution >= 0.6 is 0 Å². The fraction of sp³-hybridized carbons (Fsp3) is 0.400. The molecule has 0 aromatic heterocycles. The Labute approximate surface area is 174 Å². The van der Waals surface area contributed by atoms with Gasteiger partial charge < -0.3 is 14.4 Å². The molecule has 2 atom stereocenters. The number of rotatable bonds is 6. The number of allylic oxidation sites excluding steroid dienone is 1. The zero-order valence-corrected chi connectivity index (χ0v) is 17.9. The molecule has 0 radical (unpaired) electrons. The molecule has 0 aliphatic heterocycles. The summed E-state index contributed by atoms with van der Waals surface area (Å²) in [6.07, 6.45) is 5.50. The number of benzene rings is 2. The Morgan fingerprint density at radius 2 is 1.93 bits per heavy atom. The predicted molar refractivity (Wildman–Crippen MR) is 117 cm³/mol. The molecular weight excluding hydrogens is 362 g/mol. The number of carbonyl (C=O) groups excluding carboxylic acids is 1. The molecule has 154 valence electrons. The van der Waals surface area contributed by atoms with Gasteiger partial charge in [-0.3, -0.25) is 0 Å². The van der Waals surface area contributed by atoms with Crippen molar-refractivity contribution in [3.05, 3.63) is 70.8 Å². The van der Waals surface area contributed by atoms with Crippen LogP contribution in [0.1, 0.15) is 46.7 Å². The molecule has 1 aliphatic carbocycles. The summed E-state index contributed by atoms with van der Waals surface area (Å²) in [4.78, 5) is 14.1. The zero-order valence-electron chi connectivity index (χ0n) is 17.9. The van der Waals surface area contributed by atoms with Crippen molar-refractivity contribution in [1.82, 2.24) is 4.90 Å². The van der Waals surface area contributed by atoms with E-state index in [1.807, 2.05) is 24.3 Å². The summed E-state index contributed by atoms with van der Waals surface area (Å²) >= 11 is 0. The van der Waals surface area contributed by atoms with Crippen molar-refractivity contribution in [3.63, 3.8) is 0 Å². The molecule has 0 saturated heterocycles. The quantitative estimate of drug-likeness (QED) is 0.647. The van der Waals surface area contributed by atoms with Crippen molar-refractivity contribution in [2.75, 3.05) is 34.9 Å². The van der Waals surface area contributed by atoms with Crippen LogP contribution in [0.4, 0.5) is 0 Å². The highest BCUT2D eigenvalue weighted by Crippen LogP contribution is 2.42. The summed E-state index contributed by atoms with van der Waals surface area (Å²) in [5.74, 6) is 1.68. The van der Waals surface area contributed by atoms with Crippen molar-refractivity contribution in [3.8, 4) is 5.75 Å². The van der Waals surface area contributed by atoms with E-state index in [0.717, 1.165) is 37.1 Å². The lowest BCUT2D eigenvalue weighted by molar-refractivity contribution is 0.0600. The monoisotopic (exact) mass is 393 g/mol. The topological polar surface area (TPSA) is 38.8 Å². The standard InChI is InChI=1S/C25H31NO3/c1-26(2)17-22-12-11-19(13-18-7-5-9-21(14-18)25(27)29-4)15-24(22)20-8-6-10-23(16-20)28-3/h5-10,13-14,16,22,24H,11-12,15,17H2,1-4H3/b19-13-/t22-,24-/m1/s1. The van der Waals surface area contributed by atoms with Crippen LogP contribution in [-0.4, -0.2) is 45.7 Å². The zero-order chi connectivity index (χ0) is 20.8. The van der Waals surface area contributed by atoms with E-state index in [9.17, 15) is 4.79 Å². The minimum absolute atomic E-state index is 0.297. The maximum atomic E-state index is 11.8. The van der Waals surface area contributed by atoms with E-state index in [2.05, 4.69) is 43.3 Å². The molecule has 1 aliphatic rings. The second-order valence-electron chi connectivity index (χ2n) is 8.07. The van der Waals surface area contributed by atoms with E-state index in [1.54, 1.807) is 13.2 Å². The second kappa shape index (κ2) is 9.75. The van der Waals surface area contributed by atoms with Crippen molar-refractivity contribution in [2.45, 2.75) is 25.2 Å². The SMILES string of the molecule is COC(=O)c1cccc(/C=C2/CC[C@H](CN(C)C)[C@@H](c3cccc(OC)c3)C2)c1. The van der Waals surface area contributed by atoms with Gasteiger partial charge in [-0.05, 0) is 80.6 Å². The molecule has 3 rings (SSSR count). The fourth-order valence-electron chi connectivity index (χ4n) is 4.31. The highest BCUT2D eigenvalue weighted by Gasteiger charge is 2.29. The van der Waals surface area contributed by atoms with Gasteiger partial charge >= 0.3 is 5.97 Å². The molecule has 29 heavy (non-hydrogen) atoms. The van der Waals surface area contributed by atoms with Crippen molar-refractivity contribution in [1.29, 1.82) is 0 Å². The molecular formula is C25H31NO3. The van der Waals surface area contributed by atoms with Gasteiger partial charge in [-0.15, -0.1) is 0 Å². The molecule has 4 nitrogen and oxygen atoms in total. The third-order valence-corrected chi connectivity index (χ3v) is 5.69. The first-order chi connectivity index (χ1) is 14.0. The smallest absolute Gasteiger partial charge is 0.337 e. The summed E-state index contributed by atoms with van der Waals surface area (Å²) < 4.78 is 10.3. The number of hydrogen-bond acceptors (Lipinski definition) is 4. The van der Waals surface area contributed by atoms with Gasteiger partial charge in [-0.2, -0.15) is 0 Å². The van der Waals surface area contributed by atoms with Gasteiger partial charge in [0.1, 0.15) is 5.75 Å². The Balaban J connectivity index is 1.87. The average molecular weight is 394 g/mol.